The molecule has 0 fully saturated rings. The molecule has 14 heavy (non-hydrogen) atoms. The monoisotopic (exact) mass is 232 g/mol. The molecule has 3 nitrogen and oxygen atoms in total. The number of hydrogen-bond donors (Lipinski definition) is 1. The first-order valence-electron chi connectivity index (χ1n) is 4.15. The summed E-state index contributed by atoms with van der Waals surface area (Å²) >= 11 is 11.2. The lowest BCUT2D eigenvalue weighted by Crippen LogP contribution is -2.05. The zero-order valence-corrected chi connectivity index (χ0v) is 8.98. The number of halogens is 2. The fourth-order valence-electron chi connectivity index (χ4n) is 1.04. The first kappa shape index (κ1) is 11.3. The van der Waals surface area contributed by atoms with Crippen molar-refractivity contribution in [3.05, 3.63) is 22.8 Å². The van der Waals surface area contributed by atoms with Crippen LogP contribution in [0.3, 0.4) is 0 Å². The molecule has 0 bridgehead atoms. The van der Waals surface area contributed by atoms with Gasteiger partial charge in [-0.3, -0.25) is 4.79 Å². The number of hydrogen-bond acceptors (Lipinski definition) is 3. The first-order chi connectivity index (χ1) is 6.65. The van der Waals surface area contributed by atoms with Gasteiger partial charge in [0.05, 0.1) is 10.6 Å². The van der Waals surface area contributed by atoms with Crippen LogP contribution in [0.25, 0.3) is 0 Å². The van der Waals surface area contributed by atoms with Gasteiger partial charge in [0.25, 0.3) is 0 Å². The highest BCUT2D eigenvalue weighted by Crippen LogP contribution is 2.17. The van der Waals surface area contributed by atoms with Gasteiger partial charge in [-0.1, -0.05) is 11.6 Å². The Bertz CT molecular complexity index is 342. The molecule has 0 radical (unpaired) electrons. The van der Waals surface area contributed by atoms with Crippen LogP contribution < -0.4 is 5.73 Å². The highest BCUT2D eigenvalue weighted by Gasteiger charge is 2.10. The maximum atomic E-state index is 11.5. The van der Waals surface area contributed by atoms with Gasteiger partial charge in [0.1, 0.15) is 5.82 Å². The van der Waals surface area contributed by atoms with E-state index in [9.17, 15) is 4.79 Å². The molecule has 1 aromatic rings. The van der Waals surface area contributed by atoms with Crippen molar-refractivity contribution in [3.63, 3.8) is 0 Å². The fraction of sp³-hybridized carbons (Fsp3) is 0.333. The lowest BCUT2D eigenvalue weighted by Gasteiger charge is -2.03. The van der Waals surface area contributed by atoms with Crippen molar-refractivity contribution >= 4 is 34.8 Å². The Morgan fingerprint density at radius 3 is 2.93 bits per heavy atom. The summed E-state index contributed by atoms with van der Waals surface area (Å²) in [6.07, 6.45) is 2.41. The van der Waals surface area contributed by atoms with Gasteiger partial charge in [0.2, 0.25) is 0 Å². The molecule has 0 aliphatic carbocycles. The van der Waals surface area contributed by atoms with Crippen LogP contribution in [0.15, 0.2) is 12.3 Å². The van der Waals surface area contributed by atoms with Gasteiger partial charge in [-0.2, -0.15) is 0 Å². The van der Waals surface area contributed by atoms with Crippen LogP contribution in [0.2, 0.25) is 5.02 Å². The Hall–Kier alpha value is -0.800. The Balaban J connectivity index is 2.83. The molecule has 1 rings (SSSR count). The molecule has 0 atom stereocenters. The van der Waals surface area contributed by atoms with Gasteiger partial charge in [-0.05, 0) is 12.5 Å². The summed E-state index contributed by atoms with van der Waals surface area (Å²) in [4.78, 5) is 15.3. The summed E-state index contributed by atoms with van der Waals surface area (Å²) in [6.45, 7) is 0. The molecule has 0 aliphatic rings. The number of carbonyl (C=O) groups is 1. The highest BCUT2D eigenvalue weighted by molar-refractivity contribution is 6.31. The van der Waals surface area contributed by atoms with Crippen LogP contribution in [-0.2, 0) is 0 Å². The summed E-state index contributed by atoms with van der Waals surface area (Å²) in [6, 6.07) is 1.53. The molecule has 0 spiro atoms. The summed E-state index contributed by atoms with van der Waals surface area (Å²) < 4.78 is 0. The predicted molar refractivity (Wildman–Crippen MR) is 57.9 cm³/mol. The molecular weight excluding hydrogens is 223 g/mol. The lowest BCUT2D eigenvalue weighted by molar-refractivity contribution is 0.0982. The van der Waals surface area contributed by atoms with Crippen LogP contribution in [0, 0.1) is 0 Å². The number of Topliss-reactive ketones (excluding diaryl/α,β-unsaturated/α-hetero) is 1. The van der Waals surface area contributed by atoms with Gasteiger partial charge in [-0.15, -0.1) is 11.6 Å². The van der Waals surface area contributed by atoms with E-state index in [1.54, 1.807) is 0 Å². The molecule has 0 amide bonds. The van der Waals surface area contributed by atoms with Crippen LogP contribution in [-0.4, -0.2) is 16.6 Å². The molecule has 1 heterocycles. The predicted octanol–water partition coefficient (Wildman–Crippen LogP) is 2.52. The molecular formula is C9H10Cl2N2O. The van der Waals surface area contributed by atoms with Gasteiger partial charge < -0.3 is 5.73 Å². The van der Waals surface area contributed by atoms with E-state index in [1.165, 1.54) is 12.3 Å². The van der Waals surface area contributed by atoms with Crippen molar-refractivity contribution in [2.24, 2.45) is 0 Å². The summed E-state index contributed by atoms with van der Waals surface area (Å²) in [7, 11) is 0. The zero-order valence-electron chi connectivity index (χ0n) is 7.46. The van der Waals surface area contributed by atoms with E-state index in [0.717, 1.165) is 0 Å². The van der Waals surface area contributed by atoms with Crippen molar-refractivity contribution in [1.82, 2.24) is 4.98 Å². The lowest BCUT2D eigenvalue weighted by atomic mass is 10.1. The van der Waals surface area contributed by atoms with Gasteiger partial charge in [-0.25, -0.2) is 4.98 Å². The van der Waals surface area contributed by atoms with Crippen molar-refractivity contribution in [3.8, 4) is 0 Å². The molecule has 5 heteroatoms. The van der Waals surface area contributed by atoms with E-state index in [4.69, 9.17) is 28.9 Å². The van der Waals surface area contributed by atoms with Crippen LogP contribution in [0.1, 0.15) is 23.2 Å². The Kier molecular flexibility index (Phi) is 4.17. The van der Waals surface area contributed by atoms with Crippen molar-refractivity contribution in [2.75, 3.05) is 11.6 Å². The van der Waals surface area contributed by atoms with E-state index in [2.05, 4.69) is 4.98 Å². The summed E-state index contributed by atoms with van der Waals surface area (Å²) in [5, 5.41) is 0.411. The number of aromatic nitrogens is 1. The third kappa shape index (κ3) is 2.86. The average molecular weight is 233 g/mol. The van der Waals surface area contributed by atoms with E-state index < -0.39 is 0 Å². The standard InChI is InChI=1S/C9H10Cl2N2O/c10-3-1-2-8(14)7-4-6(11)5-13-9(7)12/h4-5H,1-3H2,(H2,12,13). The topological polar surface area (TPSA) is 56.0 Å². The number of ketones is 1. The number of nitrogen functional groups attached to an aromatic ring is 1. The number of anilines is 1. The summed E-state index contributed by atoms with van der Waals surface area (Å²) in [5.74, 6) is 0.603. The van der Waals surface area contributed by atoms with E-state index in [0.29, 0.717) is 29.3 Å². The Labute approximate surface area is 92.2 Å². The number of rotatable bonds is 4. The fourth-order valence-corrected chi connectivity index (χ4v) is 1.33. The minimum atomic E-state index is -0.0712. The molecule has 0 aromatic carbocycles. The molecule has 2 N–H and O–H groups in total. The van der Waals surface area contributed by atoms with Gasteiger partial charge in [0, 0.05) is 18.5 Å². The number of pyridine rings is 1. The Morgan fingerprint density at radius 2 is 2.29 bits per heavy atom. The number of alkyl halides is 1. The minimum Gasteiger partial charge on any atom is -0.383 e. The van der Waals surface area contributed by atoms with Crippen molar-refractivity contribution in [2.45, 2.75) is 12.8 Å². The van der Waals surface area contributed by atoms with Gasteiger partial charge in [0.15, 0.2) is 5.78 Å². The molecule has 0 unspecified atom stereocenters. The molecule has 0 saturated carbocycles. The second-order valence-electron chi connectivity index (χ2n) is 2.80. The highest BCUT2D eigenvalue weighted by atomic mass is 35.5. The second kappa shape index (κ2) is 5.17. The van der Waals surface area contributed by atoms with Crippen molar-refractivity contribution in [1.29, 1.82) is 0 Å². The largest absolute Gasteiger partial charge is 0.383 e. The average Bonchev–Trinajstić information content (AvgIpc) is 2.18. The SMILES string of the molecule is Nc1ncc(Cl)cc1C(=O)CCCCl. The number of carbonyl (C=O) groups excluding carboxylic acids is 1. The molecule has 76 valence electrons. The molecule has 1 aromatic heterocycles. The van der Waals surface area contributed by atoms with E-state index >= 15 is 0 Å². The van der Waals surface area contributed by atoms with Gasteiger partial charge >= 0.3 is 0 Å². The molecule has 0 saturated heterocycles. The van der Waals surface area contributed by atoms with E-state index in [-0.39, 0.29) is 11.6 Å². The van der Waals surface area contributed by atoms with Crippen molar-refractivity contribution < 1.29 is 4.79 Å². The smallest absolute Gasteiger partial charge is 0.166 e. The number of nitrogens with two attached hydrogens (primary N) is 1. The van der Waals surface area contributed by atoms with Crippen LogP contribution in [0.4, 0.5) is 5.82 Å². The summed E-state index contributed by atoms with van der Waals surface area (Å²) in [5.41, 5.74) is 5.92. The molecule has 0 aliphatic heterocycles. The zero-order chi connectivity index (χ0) is 10.6. The maximum Gasteiger partial charge on any atom is 0.166 e. The third-order valence-corrected chi connectivity index (χ3v) is 2.20. The quantitative estimate of drug-likeness (QED) is 0.642. The number of nitrogens with zero attached hydrogens (tertiary/aromatic N) is 1. The van der Waals surface area contributed by atoms with Crippen LogP contribution in [0.5, 0.6) is 0 Å². The Morgan fingerprint density at radius 1 is 1.57 bits per heavy atom. The minimum absolute atomic E-state index is 0.0712. The first-order valence-corrected chi connectivity index (χ1v) is 5.06. The third-order valence-electron chi connectivity index (χ3n) is 1.72. The van der Waals surface area contributed by atoms with Crippen LogP contribution >= 0.6 is 23.2 Å². The normalized spacial score (nSPS) is 10.1. The second-order valence-corrected chi connectivity index (χ2v) is 3.62. The van der Waals surface area contributed by atoms with E-state index in [1.807, 2.05) is 0 Å². The maximum absolute atomic E-state index is 11.5.